The van der Waals surface area contributed by atoms with Gasteiger partial charge in [-0.05, 0) is 62.2 Å². The smallest absolute Gasteiger partial charge is 0.336 e. The molecular formula is C28H26N2O5. The molecule has 3 N–H and O–H groups in total. The van der Waals surface area contributed by atoms with Crippen molar-refractivity contribution in [3.8, 4) is 5.75 Å². The van der Waals surface area contributed by atoms with Gasteiger partial charge in [0.25, 0.3) is 5.91 Å². The first-order valence-corrected chi connectivity index (χ1v) is 11.1. The summed E-state index contributed by atoms with van der Waals surface area (Å²) in [5.41, 5.74) is 2.86. The Morgan fingerprint density at radius 3 is 2.31 bits per heavy atom. The molecule has 0 aromatic heterocycles. The van der Waals surface area contributed by atoms with E-state index in [0.717, 1.165) is 17.5 Å². The monoisotopic (exact) mass is 470 g/mol. The van der Waals surface area contributed by atoms with E-state index in [4.69, 9.17) is 4.74 Å². The van der Waals surface area contributed by atoms with Crippen molar-refractivity contribution in [2.75, 3.05) is 12.4 Å². The SMILES string of the molecule is COc1ccc2c(c1)C(=CC(=O)c1ccccc1NC(=O)c1ccccc1C(=O)O)NC(C)(C)C2. The van der Waals surface area contributed by atoms with Crippen LogP contribution in [0.25, 0.3) is 5.70 Å². The summed E-state index contributed by atoms with van der Waals surface area (Å²) in [6.07, 6.45) is 2.31. The molecule has 0 fully saturated rings. The summed E-state index contributed by atoms with van der Waals surface area (Å²) in [5.74, 6) is -1.43. The summed E-state index contributed by atoms with van der Waals surface area (Å²) in [5, 5.41) is 15.5. The highest BCUT2D eigenvalue weighted by atomic mass is 16.5. The number of carbonyl (C=O) groups excluding carboxylic acids is 2. The molecule has 0 spiro atoms. The molecule has 4 rings (SSSR count). The number of methoxy groups -OCH3 is 1. The third-order valence-corrected chi connectivity index (χ3v) is 5.83. The van der Waals surface area contributed by atoms with Crippen molar-refractivity contribution in [3.05, 3.63) is 101 Å². The second-order valence-corrected chi connectivity index (χ2v) is 8.98. The van der Waals surface area contributed by atoms with Gasteiger partial charge < -0.3 is 20.5 Å². The number of carboxylic acids is 1. The number of carbonyl (C=O) groups is 3. The van der Waals surface area contributed by atoms with E-state index in [9.17, 15) is 19.5 Å². The Hall–Kier alpha value is -4.39. The maximum Gasteiger partial charge on any atom is 0.336 e. The summed E-state index contributed by atoms with van der Waals surface area (Å²) in [6, 6.07) is 18.4. The first kappa shape index (κ1) is 23.8. The molecule has 35 heavy (non-hydrogen) atoms. The van der Waals surface area contributed by atoms with E-state index in [2.05, 4.69) is 24.5 Å². The van der Waals surface area contributed by atoms with Crippen LogP contribution in [0.5, 0.6) is 5.75 Å². The van der Waals surface area contributed by atoms with Crippen LogP contribution in [0.3, 0.4) is 0 Å². The molecule has 0 saturated carbocycles. The third-order valence-electron chi connectivity index (χ3n) is 5.83. The van der Waals surface area contributed by atoms with E-state index >= 15 is 0 Å². The van der Waals surface area contributed by atoms with Gasteiger partial charge >= 0.3 is 5.97 Å². The predicted octanol–water partition coefficient (Wildman–Crippen LogP) is 4.79. The number of ketones is 1. The Morgan fingerprint density at radius 2 is 1.63 bits per heavy atom. The Kier molecular flexibility index (Phi) is 6.42. The fraction of sp³-hybridized carbons (Fsp3) is 0.179. The van der Waals surface area contributed by atoms with Crippen molar-refractivity contribution < 1.29 is 24.2 Å². The van der Waals surface area contributed by atoms with Crippen LogP contribution in [0, 0.1) is 0 Å². The van der Waals surface area contributed by atoms with Crippen molar-refractivity contribution in [1.29, 1.82) is 0 Å². The molecule has 7 heteroatoms. The number of rotatable bonds is 6. The minimum absolute atomic E-state index is 0.0114. The number of benzene rings is 3. The quantitative estimate of drug-likeness (QED) is 0.353. The van der Waals surface area contributed by atoms with Gasteiger partial charge in [-0.15, -0.1) is 0 Å². The van der Waals surface area contributed by atoms with E-state index < -0.39 is 11.9 Å². The second kappa shape index (κ2) is 9.46. The first-order chi connectivity index (χ1) is 16.7. The van der Waals surface area contributed by atoms with Crippen LogP contribution < -0.4 is 15.4 Å². The number of anilines is 1. The van der Waals surface area contributed by atoms with Crippen molar-refractivity contribution in [2.45, 2.75) is 25.8 Å². The molecule has 0 aliphatic carbocycles. The van der Waals surface area contributed by atoms with E-state index in [-0.39, 0.29) is 28.0 Å². The fourth-order valence-corrected chi connectivity index (χ4v) is 4.23. The fourth-order valence-electron chi connectivity index (χ4n) is 4.23. The number of para-hydroxylation sites is 1. The van der Waals surface area contributed by atoms with Gasteiger partial charge in [-0.1, -0.05) is 30.3 Å². The lowest BCUT2D eigenvalue weighted by atomic mass is 9.85. The molecule has 0 bridgehead atoms. The van der Waals surface area contributed by atoms with Gasteiger partial charge in [0, 0.05) is 28.4 Å². The van der Waals surface area contributed by atoms with Gasteiger partial charge in [-0.25, -0.2) is 4.79 Å². The number of aromatic carboxylic acids is 1. The Morgan fingerprint density at radius 1 is 0.971 bits per heavy atom. The summed E-state index contributed by atoms with van der Waals surface area (Å²) < 4.78 is 5.37. The van der Waals surface area contributed by atoms with Crippen molar-refractivity contribution in [3.63, 3.8) is 0 Å². The molecule has 0 saturated heterocycles. The Bertz CT molecular complexity index is 1360. The van der Waals surface area contributed by atoms with Crippen LogP contribution in [-0.2, 0) is 6.42 Å². The van der Waals surface area contributed by atoms with Crippen molar-refractivity contribution in [1.82, 2.24) is 5.32 Å². The van der Waals surface area contributed by atoms with Gasteiger partial charge in [-0.3, -0.25) is 9.59 Å². The van der Waals surface area contributed by atoms with Crippen LogP contribution in [0.15, 0.2) is 72.8 Å². The summed E-state index contributed by atoms with van der Waals surface area (Å²) in [4.78, 5) is 37.8. The van der Waals surface area contributed by atoms with Crippen LogP contribution >= 0.6 is 0 Å². The van der Waals surface area contributed by atoms with Crippen LogP contribution in [0.2, 0.25) is 0 Å². The number of carboxylic acid groups (broad SMARTS) is 1. The number of hydrogen-bond donors (Lipinski definition) is 3. The molecule has 7 nitrogen and oxygen atoms in total. The molecule has 178 valence electrons. The predicted molar refractivity (Wildman–Crippen MR) is 134 cm³/mol. The topological polar surface area (TPSA) is 105 Å². The number of ether oxygens (including phenoxy) is 1. The number of hydrogen-bond acceptors (Lipinski definition) is 5. The lowest BCUT2D eigenvalue weighted by Gasteiger charge is -2.35. The highest BCUT2D eigenvalue weighted by molar-refractivity contribution is 6.16. The highest BCUT2D eigenvalue weighted by Gasteiger charge is 2.28. The zero-order chi connectivity index (χ0) is 25.2. The average Bonchev–Trinajstić information content (AvgIpc) is 2.83. The van der Waals surface area contributed by atoms with Crippen LogP contribution in [0.1, 0.15) is 56.0 Å². The minimum Gasteiger partial charge on any atom is -0.497 e. The maximum absolute atomic E-state index is 13.4. The molecule has 0 unspecified atom stereocenters. The molecule has 1 aliphatic heterocycles. The average molecular weight is 471 g/mol. The van der Waals surface area contributed by atoms with Gasteiger partial charge in [0.1, 0.15) is 5.75 Å². The molecular weight excluding hydrogens is 444 g/mol. The van der Waals surface area contributed by atoms with Gasteiger partial charge in [0.2, 0.25) is 0 Å². The summed E-state index contributed by atoms with van der Waals surface area (Å²) in [7, 11) is 1.60. The zero-order valence-corrected chi connectivity index (χ0v) is 19.7. The summed E-state index contributed by atoms with van der Waals surface area (Å²) in [6.45, 7) is 4.12. The lowest BCUT2D eigenvalue weighted by molar-refractivity contribution is 0.0692. The summed E-state index contributed by atoms with van der Waals surface area (Å²) >= 11 is 0. The molecule has 0 atom stereocenters. The standard InChI is InChI=1S/C28H26N2O5/c1-28(2)16-17-12-13-18(35-3)14-22(17)24(30-28)15-25(31)21-10-6-7-11-23(21)29-26(32)19-8-4-5-9-20(19)27(33)34/h4-15,30H,16H2,1-3H3,(H,29,32)(H,33,34). The number of nitrogens with one attached hydrogen (secondary N) is 2. The van der Waals surface area contributed by atoms with Crippen LogP contribution in [0.4, 0.5) is 5.69 Å². The first-order valence-electron chi connectivity index (χ1n) is 11.1. The molecule has 3 aromatic rings. The highest BCUT2D eigenvalue weighted by Crippen LogP contribution is 2.33. The third kappa shape index (κ3) is 5.09. The van der Waals surface area contributed by atoms with E-state index in [0.29, 0.717) is 17.1 Å². The second-order valence-electron chi connectivity index (χ2n) is 8.98. The minimum atomic E-state index is -1.20. The van der Waals surface area contributed by atoms with E-state index in [1.54, 1.807) is 43.5 Å². The Labute approximate surface area is 203 Å². The van der Waals surface area contributed by atoms with Gasteiger partial charge in [-0.2, -0.15) is 0 Å². The largest absolute Gasteiger partial charge is 0.497 e. The molecule has 1 aliphatic rings. The maximum atomic E-state index is 13.4. The number of amides is 1. The normalized spacial score (nSPS) is 15.0. The van der Waals surface area contributed by atoms with E-state index in [1.165, 1.54) is 18.2 Å². The van der Waals surface area contributed by atoms with Crippen molar-refractivity contribution in [2.24, 2.45) is 0 Å². The zero-order valence-electron chi connectivity index (χ0n) is 19.7. The van der Waals surface area contributed by atoms with Crippen LogP contribution in [-0.4, -0.2) is 35.4 Å². The van der Waals surface area contributed by atoms with Crippen molar-refractivity contribution >= 4 is 29.0 Å². The lowest BCUT2D eigenvalue weighted by Crippen LogP contribution is -2.43. The van der Waals surface area contributed by atoms with Gasteiger partial charge in [0.05, 0.1) is 23.9 Å². The van der Waals surface area contributed by atoms with Gasteiger partial charge in [0.15, 0.2) is 5.78 Å². The molecule has 0 radical (unpaired) electrons. The number of fused-ring (bicyclic) bond motifs is 1. The molecule has 1 amide bonds. The van der Waals surface area contributed by atoms with E-state index in [1.807, 2.05) is 18.2 Å². The number of allylic oxidation sites excluding steroid dienone is 1. The molecule has 3 aromatic carbocycles. The Balaban J connectivity index is 1.69. The molecule has 1 heterocycles.